The van der Waals surface area contributed by atoms with Crippen LogP contribution in [0.2, 0.25) is 0 Å². The largest absolute Gasteiger partial charge is 0.389 e. The third-order valence-electron chi connectivity index (χ3n) is 3.05. The third kappa shape index (κ3) is 4.29. The van der Waals surface area contributed by atoms with E-state index in [9.17, 15) is 14.3 Å². The van der Waals surface area contributed by atoms with Crippen molar-refractivity contribution in [3.63, 3.8) is 0 Å². The number of aliphatic hydroxyl groups is 1. The minimum absolute atomic E-state index is 0.115. The van der Waals surface area contributed by atoms with Gasteiger partial charge in [0.15, 0.2) is 0 Å². The molecular weight excluding hydrogens is 271 g/mol. The summed E-state index contributed by atoms with van der Waals surface area (Å²) in [5.74, 6) is -0.348. The van der Waals surface area contributed by atoms with Gasteiger partial charge in [0.2, 0.25) is 0 Å². The SMILES string of the molecule is CC(O)c1ccc(NC(=O)NCc2ccccc2F)cc1. The molecule has 0 saturated carbocycles. The zero-order valence-electron chi connectivity index (χ0n) is 11.6. The van der Waals surface area contributed by atoms with Gasteiger partial charge in [-0.25, -0.2) is 9.18 Å². The summed E-state index contributed by atoms with van der Waals surface area (Å²) in [4.78, 5) is 11.7. The first kappa shape index (κ1) is 15.0. The summed E-state index contributed by atoms with van der Waals surface area (Å²) >= 11 is 0. The van der Waals surface area contributed by atoms with E-state index in [4.69, 9.17) is 0 Å². The Kier molecular flexibility index (Phi) is 4.90. The van der Waals surface area contributed by atoms with Crippen LogP contribution >= 0.6 is 0 Å². The molecule has 2 aromatic carbocycles. The lowest BCUT2D eigenvalue weighted by molar-refractivity contribution is 0.199. The molecule has 5 heteroatoms. The predicted molar refractivity (Wildman–Crippen MR) is 79.3 cm³/mol. The summed E-state index contributed by atoms with van der Waals surface area (Å²) in [5, 5.41) is 14.6. The number of anilines is 1. The second kappa shape index (κ2) is 6.85. The standard InChI is InChI=1S/C16H17FN2O2/c1-11(20)12-6-8-14(9-7-12)19-16(21)18-10-13-4-2-3-5-15(13)17/h2-9,11,20H,10H2,1H3,(H2,18,19,21). The molecule has 2 aromatic rings. The first-order valence-electron chi connectivity index (χ1n) is 6.62. The van der Waals surface area contributed by atoms with Crippen LogP contribution in [0.5, 0.6) is 0 Å². The number of benzene rings is 2. The van der Waals surface area contributed by atoms with Crippen LogP contribution in [0.1, 0.15) is 24.2 Å². The summed E-state index contributed by atoms with van der Waals surface area (Å²) < 4.78 is 13.4. The van der Waals surface area contributed by atoms with Gasteiger partial charge in [-0.15, -0.1) is 0 Å². The highest BCUT2D eigenvalue weighted by Crippen LogP contribution is 2.15. The molecule has 0 fully saturated rings. The molecule has 110 valence electrons. The number of aliphatic hydroxyl groups excluding tert-OH is 1. The van der Waals surface area contributed by atoms with Crippen molar-refractivity contribution in [3.8, 4) is 0 Å². The Morgan fingerprint density at radius 3 is 2.48 bits per heavy atom. The van der Waals surface area contributed by atoms with Crippen LogP contribution in [0.15, 0.2) is 48.5 Å². The number of halogens is 1. The van der Waals surface area contributed by atoms with Crippen LogP contribution in [-0.4, -0.2) is 11.1 Å². The van der Waals surface area contributed by atoms with Gasteiger partial charge in [-0.2, -0.15) is 0 Å². The minimum atomic E-state index is -0.547. The Labute approximate surface area is 122 Å². The molecule has 0 aromatic heterocycles. The molecule has 1 atom stereocenters. The van der Waals surface area contributed by atoms with Gasteiger partial charge in [0.1, 0.15) is 5.82 Å². The normalized spacial score (nSPS) is 11.8. The fourth-order valence-electron chi connectivity index (χ4n) is 1.84. The quantitative estimate of drug-likeness (QED) is 0.809. The lowest BCUT2D eigenvalue weighted by Gasteiger charge is -2.09. The second-order valence-electron chi connectivity index (χ2n) is 4.70. The number of urea groups is 1. The van der Waals surface area contributed by atoms with Crippen molar-refractivity contribution < 1.29 is 14.3 Å². The van der Waals surface area contributed by atoms with Gasteiger partial charge >= 0.3 is 6.03 Å². The molecule has 0 heterocycles. The van der Waals surface area contributed by atoms with E-state index in [2.05, 4.69) is 10.6 Å². The van der Waals surface area contributed by atoms with E-state index in [1.54, 1.807) is 49.4 Å². The summed E-state index contributed by atoms with van der Waals surface area (Å²) in [7, 11) is 0. The van der Waals surface area contributed by atoms with E-state index in [1.165, 1.54) is 6.07 Å². The maximum atomic E-state index is 13.4. The Balaban J connectivity index is 1.88. The minimum Gasteiger partial charge on any atom is -0.389 e. The number of nitrogens with one attached hydrogen (secondary N) is 2. The lowest BCUT2D eigenvalue weighted by atomic mass is 10.1. The summed E-state index contributed by atoms with van der Waals surface area (Å²) in [6.07, 6.45) is -0.547. The van der Waals surface area contributed by atoms with Crippen LogP contribution in [-0.2, 0) is 6.54 Å². The van der Waals surface area contributed by atoms with Crippen LogP contribution < -0.4 is 10.6 Å². The fourth-order valence-corrected chi connectivity index (χ4v) is 1.84. The van der Waals surface area contributed by atoms with Gasteiger partial charge in [-0.05, 0) is 30.7 Å². The van der Waals surface area contributed by atoms with Crippen molar-refractivity contribution in [3.05, 3.63) is 65.5 Å². The van der Waals surface area contributed by atoms with Crippen molar-refractivity contribution in [2.24, 2.45) is 0 Å². The van der Waals surface area contributed by atoms with E-state index in [-0.39, 0.29) is 12.4 Å². The fraction of sp³-hybridized carbons (Fsp3) is 0.188. The third-order valence-corrected chi connectivity index (χ3v) is 3.05. The number of carbonyl (C=O) groups is 1. The smallest absolute Gasteiger partial charge is 0.319 e. The van der Waals surface area contributed by atoms with Crippen LogP contribution in [0, 0.1) is 5.82 Å². The first-order chi connectivity index (χ1) is 10.1. The first-order valence-corrected chi connectivity index (χ1v) is 6.62. The maximum absolute atomic E-state index is 13.4. The number of amides is 2. The van der Waals surface area contributed by atoms with Crippen molar-refractivity contribution in [2.45, 2.75) is 19.6 Å². The van der Waals surface area contributed by atoms with Crippen LogP contribution in [0.25, 0.3) is 0 Å². The highest BCUT2D eigenvalue weighted by molar-refractivity contribution is 5.89. The molecule has 3 N–H and O–H groups in total. The average Bonchev–Trinajstić information content (AvgIpc) is 2.47. The Morgan fingerprint density at radius 2 is 1.86 bits per heavy atom. The summed E-state index contributed by atoms with van der Waals surface area (Å²) in [6, 6.07) is 12.7. The molecule has 4 nitrogen and oxygen atoms in total. The summed E-state index contributed by atoms with van der Waals surface area (Å²) in [5.41, 5.74) is 1.80. The number of carbonyl (C=O) groups excluding carboxylic acids is 1. The van der Waals surface area contributed by atoms with E-state index in [1.807, 2.05) is 0 Å². The van der Waals surface area contributed by atoms with Crippen molar-refractivity contribution in [2.75, 3.05) is 5.32 Å². The lowest BCUT2D eigenvalue weighted by Crippen LogP contribution is -2.28. The van der Waals surface area contributed by atoms with E-state index in [0.717, 1.165) is 5.56 Å². The predicted octanol–water partition coefficient (Wildman–Crippen LogP) is 3.20. The summed E-state index contributed by atoms with van der Waals surface area (Å²) in [6.45, 7) is 1.79. The van der Waals surface area contributed by atoms with E-state index < -0.39 is 12.1 Å². The van der Waals surface area contributed by atoms with Crippen LogP contribution in [0.3, 0.4) is 0 Å². The van der Waals surface area contributed by atoms with Crippen LogP contribution in [0.4, 0.5) is 14.9 Å². The number of hydrogen-bond donors (Lipinski definition) is 3. The van der Waals surface area contributed by atoms with Gasteiger partial charge < -0.3 is 15.7 Å². The van der Waals surface area contributed by atoms with Gasteiger partial charge in [-0.1, -0.05) is 30.3 Å². The number of rotatable bonds is 4. The average molecular weight is 288 g/mol. The van der Waals surface area contributed by atoms with Gasteiger partial charge in [0, 0.05) is 17.8 Å². The molecule has 1 unspecified atom stereocenters. The van der Waals surface area contributed by atoms with Crippen molar-refractivity contribution >= 4 is 11.7 Å². The zero-order valence-corrected chi connectivity index (χ0v) is 11.6. The second-order valence-corrected chi connectivity index (χ2v) is 4.70. The van der Waals surface area contributed by atoms with Gasteiger partial charge in [0.05, 0.1) is 6.10 Å². The molecule has 0 spiro atoms. The topological polar surface area (TPSA) is 61.4 Å². The van der Waals surface area contributed by atoms with E-state index >= 15 is 0 Å². The molecule has 21 heavy (non-hydrogen) atoms. The maximum Gasteiger partial charge on any atom is 0.319 e. The Bertz CT molecular complexity index is 612. The van der Waals surface area contributed by atoms with Gasteiger partial charge in [-0.3, -0.25) is 0 Å². The molecule has 0 bridgehead atoms. The molecule has 0 saturated heterocycles. The molecule has 0 aliphatic heterocycles. The van der Waals surface area contributed by atoms with E-state index in [0.29, 0.717) is 11.3 Å². The van der Waals surface area contributed by atoms with Crippen molar-refractivity contribution in [1.29, 1.82) is 0 Å². The zero-order chi connectivity index (χ0) is 15.2. The van der Waals surface area contributed by atoms with Gasteiger partial charge in [0.25, 0.3) is 0 Å². The highest BCUT2D eigenvalue weighted by Gasteiger charge is 2.05. The molecule has 0 radical (unpaired) electrons. The molecule has 0 aliphatic rings. The Morgan fingerprint density at radius 1 is 1.19 bits per heavy atom. The highest BCUT2D eigenvalue weighted by atomic mass is 19.1. The molecular formula is C16H17FN2O2. The monoisotopic (exact) mass is 288 g/mol. The number of hydrogen-bond acceptors (Lipinski definition) is 2. The Hall–Kier alpha value is -2.40. The molecule has 2 amide bonds. The molecule has 2 rings (SSSR count). The van der Waals surface area contributed by atoms with Crippen molar-refractivity contribution in [1.82, 2.24) is 5.32 Å². The molecule has 0 aliphatic carbocycles.